The molecule has 0 saturated heterocycles. The van der Waals surface area contributed by atoms with Crippen molar-refractivity contribution in [3.63, 3.8) is 0 Å². The van der Waals surface area contributed by atoms with Crippen LogP contribution in [0.5, 0.6) is 0 Å². The number of hydrogen-bond donors (Lipinski definition) is 1. The lowest BCUT2D eigenvalue weighted by Crippen LogP contribution is -2.33. The fourth-order valence-electron chi connectivity index (χ4n) is 1.33. The summed E-state index contributed by atoms with van der Waals surface area (Å²) in [5.41, 5.74) is 0.164. The smallest absolute Gasteiger partial charge is 0.269 e. The molecule has 19 heavy (non-hydrogen) atoms. The molecule has 0 radical (unpaired) electrons. The van der Waals surface area contributed by atoms with Crippen molar-refractivity contribution in [2.24, 2.45) is 0 Å². The second-order valence-electron chi connectivity index (χ2n) is 3.72. The van der Waals surface area contributed by atoms with Crippen LogP contribution >= 0.6 is 38.5 Å². The van der Waals surface area contributed by atoms with Crippen LogP contribution in [0.15, 0.2) is 24.3 Å². The first-order valence-corrected chi connectivity index (χ1v) is 8.68. The van der Waals surface area contributed by atoms with Gasteiger partial charge >= 0.3 is 0 Å². The first kappa shape index (κ1) is 16.8. The Morgan fingerprint density at radius 3 is 2.32 bits per heavy atom. The molecule has 1 rings (SSSR count). The predicted molar refractivity (Wildman–Crippen MR) is 83.2 cm³/mol. The average Bonchev–Trinajstić information content (AvgIpc) is 2.37. The van der Waals surface area contributed by atoms with Gasteiger partial charge in [0.2, 0.25) is 1.66 Å². The molecule has 106 valence electrons. The molecule has 6 nitrogen and oxygen atoms in total. The van der Waals surface area contributed by atoms with Crippen molar-refractivity contribution in [1.82, 2.24) is 0 Å². The third-order valence-electron chi connectivity index (χ3n) is 2.53. The van der Waals surface area contributed by atoms with Crippen molar-refractivity contribution in [3.8, 4) is 0 Å². The van der Waals surface area contributed by atoms with Crippen molar-refractivity contribution in [1.29, 1.82) is 0 Å². The van der Waals surface area contributed by atoms with Crippen LogP contribution in [0.4, 0.5) is 5.69 Å². The Bertz CT molecular complexity index is 572. The topological polar surface area (TPSA) is 97.5 Å². The summed E-state index contributed by atoms with van der Waals surface area (Å²) in [6.45, 7) is 1.48. The molecule has 1 aromatic carbocycles. The fourth-order valence-corrected chi connectivity index (χ4v) is 4.44. The lowest BCUT2D eigenvalue weighted by molar-refractivity contribution is -0.384. The summed E-state index contributed by atoms with van der Waals surface area (Å²) in [5, 5.41) is 20.7. The minimum absolute atomic E-state index is 0.122. The van der Waals surface area contributed by atoms with Crippen LogP contribution in [0, 0.1) is 10.1 Å². The quantitative estimate of drug-likeness (QED) is 0.313. The van der Waals surface area contributed by atoms with E-state index < -0.39 is 22.5 Å². The van der Waals surface area contributed by atoms with Gasteiger partial charge in [-0.05, 0) is 40.3 Å². The van der Waals surface area contributed by atoms with Gasteiger partial charge in [-0.15, -0.1) is 0 Å². The summed E-state index contributed by atoms with van der Waals surface area (Å²) in [7, 11) is -3.55. The number of sulfone groups is 1. The standard InChI is InChI=1S/C10H11BrINO5S/c1-2-19(17,18)10(11,12)9(14)7-3-5-8(6-4-7)13(15)16/h3-6,9,14H,2H2,1H3/t9-,10+/m1/s1. The van der Waals surface area contributed by atoms with E-state index in [9.17, 15) is 23.6 Å². The zero-order chi connectivity index (χ0) is 14.8. The molecule has 2 atom stereocenters. The second kappa shape index (κ2) is 6.02. The highest BCUT2D eigenvalue weighted by atomic mass is 127. The number of nitro benzene ring substituents is 1. The minimum Gasteiger partial charge on any atom is -0.385 e. The third kappa shape index (κ3) is 3.44. The molecule has 0 aliphatic rings. The molecule has 0 fully saturated rings. The Kier molecular flexibility index (Phi) is 5.32. The van der Waals surface area contributed by atoms with Gasteiger partial charge in [0.25, 0.3) is 5.69 Å². The molecule has 0 aliphatic heterocycles. The van der Waals surface area contributed by atoms with E-state index in [0.717, 1.165) is 0 Å². The van der Waals surface area contributed by atoms with E-state index in [1.54, 1.807) is 22.6 Å². The lowest BCUT2D eigenvalue weighted by atomic mass is 10.1. The number of non-ortho nitro benzene ring substituents is 1. The number of aliphatic hydroxyl groups excluding tert-OH is 1. The number of benzene rings is 1. The zero-order valence-corrected chi connectivity index (χ0v) is 14.3. The molecule has 0 bridgehead atoms. The van der Waals surface area contributed by atoms with Crippen molar-refractivity contribution in [2.75, 3.05) is 5.75 Å². The number of nitrogens with zero attached hydrogens (tertiary/aromatic N) is 1. The number of rotatable bonds is 5. The van der Waals surface area contributed by atoms with Crippen LogP contribution in [0.3, 0.4) is 0 Å². The minimum atomic E-state index is -3.55. The Morgan fingerprint density at radius 2 is 1.95 bits per heavy atom. The van der Waals surface area contributed by atoms with E-state index in [4.69, 9.17) is 0 Å². The molecule has 0 unspecified atom stereocenters. The van der Waals surface area contributed by atoms with Crippen LogP contribution in [0.25, 0.3) is 0 Å². The third-order valence-corrected chi connectivity index (χ3v) is 8.86. The first-order valence-electron chi connectivity index (χ1n) is 5.16. The van der Waals surface area contributed by atoms with Gasteiger partial charge < -0.3 is 5.11 Å². The molecule has 0 aromatic heterocycles. The van der Waals surface area contributed by atoms with E-state index in [2.05, 4.69) is 15.9 Å². The number of hydrogen-bond acceptors (Lipinski definition) is 5. The average molecular weight is 464 g/mol. The second-order valence-corrected chi connectivity index (χ2v) is 11.9. The van der Waals surface area contributed by atoms with Gasteiger partial charge in [0, 0.05) is 17.9 Å². The van der Waals surface area contributed by atoms with Gasteiger partial charge in [-0.2, -0.15) is 0 Å². The predicted octanol–water partition coefficient (Wildman–Crippen LogP) is 2.55. The summed E-state index contributed by atoms with van der Waals surface area (Å²) in [4.78, 5) is 9.96. The molecule has 1 aromatic rings. The molecule has 0 amide bonds. The Balaban J connectivity index is 3.13. The van der Waals surface area contributed by atoms with Crippen LogP contribution in [-0.4, -0.2) is 25.9 Å². The van der Waals surface area contributed by atoms with Crippen LogP contribution in [-0.2, 0) is 9.84 Å². The molecule has 0 aliphatic carbocycles. The monoisotopic (exact) mass is 463 g/mol. The maximum absolute atomic E-state index is 11.9. The van der Waals surface area contributed by atoms with Crippen LogP contribution in [0.2, 0.25) is 0 Å². The number of alkyl halides is 2. The number of aliphatic hydroxyl groups is 1. The molecule has 0 heterocycles. The molecule has 9 heteroatoms. The van der Waals surface area contributed by atoms with Gasteiger partial charge in [0.05, 0.1) is 4.92 Å². The van der Waals surface area contributed by atoms with E-state index in [1.807, 2.05) is 0 Å². The van der Waals surface area contributed by atoms with E-state index in [0.29, 0.717) is 0 Å². The summed E-state index contributed by atoms with van der Waals surface area (Å²) < 4.78 is 22.2. The number of nitro groups is 1. The van der Waals surface area contributed by atoms with Crippen LogP contribution < -0.4 is 0 Å². The highest BCUT2D eigenvalue weighted by molar-refractivity contribution is 14.1. The van der Waals surface area contributed by atoms with Gasteiger partial charge in [-0.1, -0.05) is 22.9 Å². The summed E-state index contributed by atoms with van der Waals surface area (Å²) in [6.07, 6.45) is -1.33. The van der Waals surface area contributed by atoms with Crippen LogP contribution in [0.1, 0.15) is 18.6 Å². The highest BCUT2D eigenvalue weighted by Gasteiger charge is 2.45. The summed E-state index contributed by atoms with van der Waals surface area (Å²) >= 11 is 4.64. The van der Waals surface area contributed by atoms with E-state index >= 15 is 0 Å². The first-order chi connectivity index (χ1) is 8.63. The highest BCUT2D eigenvalue weighted by Crippen LogP contribution is 2.45. The van der Waals surface area contributed by atoms with Gasteiger partial charge in [-0.3, -0.25) is 10.1 Å². The summed E-state index contributed by atoms with van der Waals surface area (Å²) in [6, 6.07) is 5.11. The van der Waals surface area contributed by atoms with Crippen molar-refractivity contribution in [2.45, 2.75) is 14.7 Å². The molecular formula is C10H11BrINO5S. The Morgan fingerprint density at radius 1 is 1.47 bits per heavy atom. The lowest BCUT2D eigenvalue weighted by Gasteiger charge is -2.26. The van der Waals surface area contributed by atoms with Gasteiger partial charge in [0.1, 0.15) is 6.10 Å². The number of halogens is 2. The SMILES string of the molecule is CCS(=O)(=O)[C@@](Br)(I)[C@H](O)c1ccc([N+](=O)[O-])cc1. The van der Waals surface area contributed by atoms with Gasteiger partial charge in [0.15, 0.2) is 9.84 Å². The van der Waals surface area contributed by atoms with Crippen molar-refractivity contribution >= 4 is 54.0 Å². The fraction of sp³-hybridized carbons (Fsp3) is 0.400. The molecule has 1 N–H and O–H groups in total. The maximum atomic E-state index is 11.9. The molecule has 0 spiro atoms. The largest absolute Gasteiger partial charge is 0.385 e. The Hall–Kier alpha value is -0.260. The van der Waals surface area contributed by atoms with E-state index in [-0.39, 0.29) is 17.0 Å². The van der Waals surface area contributed by atoms with E-state index in [1.165, 1.54) is 31.2 Å². The normalized spacial score (nSPS) is 16.6. The summed E-state index contributed by atoms with van der Waals surface area (Å²) in [5.74, 6) is -0.134. The van der Waals surface area contributed by atoms with Crippen molar-refractivity contribution < 1.29 is 18.4 Å². The Labute approximate surface area is 132 Å². The maximum Gasteiger partial charge on any atom is 0.269 e. The van der Waals surface area contributed by atoms with Gasteiger partial charge in [-0.25, -0.2) is 8.42 Å². The van der Waals surface area contributed by atoms with Crippen molar-refractivity contribution in [3.05, 3.63) is 39.9 Å². The molecular weight excluding hydrogens is 453 g/mol. The zero-order valence-electron chi connectivity index (χ0n) is 9.79. The molecule has 0 saturated carbocycles.